The Morgan fingerprint density at radius 2 is 0.775 bits per heavy atom. The number of fused-ring (bicyclic) bond motifs is 3. The van der Waals surface area contributed by atoms with E-state index < -0.39 is 17.2 Å². The summed E-state index contributed by atoms with van der Waals surface area (Å²) in [6.45, 7) is 13.7. The highest BCUT2D eigenvalue weighted by Crippen LogP contribution is 2.41. The number of anilines is 1. The molecule has 0 unspecified atom stereocenters. The van der Waals surface area contributed by atoms with E-state index in [4.69, 9.17) is 113 Å². The van der Waals surface area contributed by atoms with Gasteiger partial charge in [0.15, 0.2) is 17.3 Å². The number of nitrogen functional groups attached to an aromatic ring is 1. The highest BCUT2D eigenvalue weighted by Gasteiger charge is 2.25. The number of ether oxygens (including phenoxy) is 9. The molecular formula is C104H105Cl7N10O17. The van der Waals surface area contributed by atoms with E-state index in [9.17, 15) is 33.6 Å². The van der Waals surface area contributed by atoms with Crippen molar-refractivity contribution >= 4 is 168 Å². The largest absolute Gasteiger partial charge is 0.497 e. The zero-order valence-corrected chi connectivity index (χ0v) is 82.4. The summed E-state index contributed by atoms with van der Waals surface area (Å²) in [6, 6.07) is 71.1. The first kappa shape index (κ1) is 109. The first-order valence-electron chi connectivity index (χ1n) is 42.2. The fourth-order valence-electron chi connectivity index (χ4n) is 13.0. The average molecular weight is 2020 g/mol. The number of hydrogen-bond acceptors (Lipinski definition) is 22. The number of allylic oxidation sites excluding steroid dienone is 1. The molecule has 6 N–H and O–H groups in total. The second-order valence-corrected chi connectivity index (χ2v) is 34.6. The Hall–Kier alpha value is -13.9. The molecule has 0 bridgehead atoms. The predicted octanol–water partition coefficient (Wildman–Crippen LogP) is 23.8. The molecule has 12 aromatic carbocycles. The number of carbonyl (C=O) groups excluding carboxylic acids is 8. The molecule has 0 fully saturated rings. The van der Waals surface area contributed by atoms with E-state index in [2.05, 4.69) is 59.2 Å². The molecule has 34 heteroatoms. The molecule has 138 heavy (non-hydrogen) atoms. The molecule has 0 saturated carbocycles. The van der Waals surface area contributed by atoms with E-state index in [1.165, 1.54) is 14.2 Å². The fraction of sp³-hybridized carbons (Fsp3) is 0.212. The minimum atomic E-state index is -0.572. The summed E-state index contributed by atoms with van der Waals surface area (Å²) in [6.07, 6.45) is 5.14. The standard InChI is InChI=1S/C34H31Cl2N3O5.C31H25Cl2N3O5.C30H34N2O5.C6H6Cl2N2.C2H4O2.CH4.ClH/c1-34(2,3)44-31(40)15-16-37-33(41)21-7-11-26(12-8-21)43-30-20-38-39(25-10-14-28(35)29(36)19-25)32(30)24-6-5-23-18-27(42-4)13-9-22(23)17-24;1-39-25-11-7-20-15-22(4-3-21(20)16-25)30-28(18-35-36(30)23-8-12-26(32)27(33)17-23)41-24-9-5-19(6-10-24)31(38)34-14-13-29(37)40-2;1-20-7-8-23-18-24(10-9-22(23)17-20)28(34)26(19-32(5)6)36-25-13-11-21(12-14-25)29(35)31-16-15-27(33)37-30(2,3)4;7-5-2-1-4(10-9)3-6(5)8;1-4-2-3;;/h5-14,17-20H,15-16H2,1-4H3,(H,37,41);3-12,15-18H,13-14H2,1-2H3,(H,34,38);7-14,17-19H,15-16H2,1-6H3,(H,31,35);1-3,10H,9H2;2H,1H3;1H4;1H/b;;26-19-;;;;. The van der Waals surface area contributed by atoms with Crippen LogP contribution in [-0.4, -0.2) is 146 Å². The van der Waals surface area contributed by atoms with Crippen LogP contribution in [0, 0.1) is 6.92 Å². The highest BCUT2D eigenvalue weighted by molar-refractivity contribution is 6.43. The number of amides is 3. The first-order chi connectivity index (χ1) is 64.9. The average Bonchev–Trinajstić information content (AvgIpc) is 1.62. The van der Waals surface area contributed by atoms with Crippen LogP contribution in [0.5, 0.6) is 40.2 Å². The van der Waals surface area contributed by atoms with Crippen LogP contribution >= 0.6 is 82.0 Å². The molecule has 722 valence electrons. The summed E-state index contributed by atoms with van der Waals surface area (Å²) in [5, 5.41) is 26.2. The number of methoxy groups -OCH3 is 4. The minimum Gasteiger partial charge on any atom is -0.497 e. The lowest BCUT2D eigenvalue weighted by Gasteiger charge is -2.19. The normalized spacial score (nSPS) is 10.8. The van der Waals surface area contributed by atoms with Gasteiger partial charge in [-0.05, 0) is 251 Å². The van der Waals surface area contributed by atoms with Gasteiger partial charge in [0, 0.05) is 73.3 Å². The van der Waals surface area contributed by atoms with E-state index in [1.807, 2.05) is 118 Å². The van der Waals surface area contributed by atoms with E-state index in [1.54, 1.807) is 210 Å². The van der Waals surface area contributed by atoms with E-state index in [-0.39, 0.29) is 99.9 Å². The van der Waals surface area contributed by atoms with E-state index >= 15 is 0 Å². The van der Waals surface area contributed by atoms with Crippen LogP contribution in [0.3, 0.4) is 0 Å². The summed E-state index contributed by atoms with van der Waals surface area (Å²) in [7, 11) is 9.52. The maximum atomic E-state index is 13.3. The van der Waals surface area contributed by atoms with Gasteiger partial charge >= 0.3 is 17.9 Å². The number of hydrazine groups is 1. The highest BCUT2D eigenvalue weighted by atomic mass is 35.5. The van der Waals surface area contributed by atoms with Crippen LogP contribution < -0.4 is 50.9 Å². The lowest BCUT2D eigenvalue weighted by molar-refractivity contribution is -0.155. The second-order valence-electron chi connectivity index (χ2n) is 32.2. The van der Waals surface area contributed by atoms with Gasteiger partial charge in [-0.1, -0.05) is 149 Å². The monoisotopic (exact) mass is 2010 g/mol. The van der Waals surface area contributed by atoms with Gasteiger partial charge in [-0.25, -0.2) is 9.36 Å². The third-order valence-electron chi connectivity index (χ3n) is 19.4. The molecule has 0 aliphatic carbocycles. The molecule has 0 radical (unpaired) electrons. The van der Waals surface area contributed by atoms with Crippen LogP contribution in [0.2, 0.25) is 30.1 Å². The van der Waals surface area contributed by atoms with Gasteiger partial charge in [-0.2, -0.15) is 10.2 Å². The first-order valence-corrected chi connectivity index (χ1v) is 44.4. The van der Waals surface area contributed by atoms with Crippen LogP contribution in [0.1, 0.15) is 115 Å². The predicted molar refractivity (Wildman–Crippen MR) is 547 cm³/mol. The molecule has 14 rings (SSSR count). The van der Waals surface area contributed by atoms with Crippen molar-refractivity contribution in [1.29, 1.82) is 0 Å². The van der Waals surface area contributed by atoms with Crippen molar-refractivity contribution in [3.05, 3.63) is 319 Å². The Morgan fingerprint density at radius 1 is 0.420 bits per heavy atom. The summed E-state index contributed by atoms with van der Waals surface area (Å²) in [5.74, 6) is 6.95. The van der Waals surface area contributed by atoms with Gasteiger partial charge in [0.1, 0.15) is 51.3 Å². The Balaban J connectivity index is 0.000000235. The zero-order chi connectivity index (χ0) is 98.5. The quantitative estimate of drug-likeness (QED) is 0.00425. The molecule has 0 aliphatic heterocycles. The molecular weight excluding hydrogens is 1910 g/mol. The number of halogens is 7. The van der Waals surface area contributed by atoms with Crippen molar-refractivity contribution in [2.24, 2.45) is 5.84 Å². The summed E-state index contributed by atoms with van der Waals surface area (Å²) >= 11 is 36.3. The molecule has 27 nitrogen and oxygen atoms in total. The number of aromatic nitrogens is 4. The van der Waals surface area contributed by atoms with Crippen molar-refractivity contribution in [2.75, 3.05) is 67.6 Å². The maximum absolute atomic E-state index is 13.3. The van der Waals surface area contributed by atoms with Crippen LogP contribution in [0.4, 0.5) is 5.69 Å². The number of nitrogens with one attached hydrogen (secondary N) is 4. The third kappa shape index (κ3) is 32.1. The molecule has 14 aromatic rings. The fourth-order valence-corrected chi connectivity index (χ4v) is 13.9. The topological polar surface area (TPSA) is 333 Å². The number of benzene rings is 12. The number of nitrogens with zero attached hydrogens (tertiary/aromatic N) is 5. The Kier molecular flexibility index (Phi) is 41.2. The molecule has 0 saturated heterocycles. The smallest absolute Gasteiger partial charge is 0.308 e. The summed E-state index contributed by atoms with van der Waals surface area (Å²) in [4.78, 5) is 96.5. The van der Waals surface area contributed by atoms with E-state index in [0.717, 1.165) is 66.2 Å². The van der Waals surface area contributed by atoms with Crippen molar-refractivity contribution in [2.45, 2.75) is 86.4 Å². The van der Waals surface area contributed by atoms with Gasteiger partial charge in [-0.3, -0.25) is 44.2 Å². The van der Waals surface area contributed by atoms with Crippen molar-refractivity contribution in [3.8, 4) is 74.1 Å². The van der Waals surface area contributed by atoms with Gasteiger partial charge in [-0.15, -0.1) is 12.4 Å². The Labute approximate surface area is 836 Å². The molecule has 3 amide bonds. The van der Waals surface area contributed by atoms with Gasteiger partial charge < -0.3 is 68.9 Å². The Morgan fingerprint density at radius 3 is 1.16 bits per heavy atom. The second kappa shape index (κ2) is 51.9. The molecule has 2 heterocycles. The molecule has 0 atom stereocenters. The number of nitrogens with two attached hydrogens (primary N) is 1. The number of carbonyl (C=O) groups is 8. The number of rotatable bonds is 29. The lowest BCUT2D eigenvalue weighted by atomic mass is 10.0. The lowest BCUT2D eigenvalue weighted by Crippen LogP contribution is -2.29. The number of hydrogen-bond donors (Lipinski definition) is 5. The summed E-state index contributed by atoms with van der Waals surface area (Å²) < 4.78 is 51.7. The molecule has 0 spiro atoms. The minimum absolute atomic E-state index is 0. The number of aryl methyl sites for hydroxylation is 1. The zero-order valence-electron chi connectivity index (χ0n) is 77.0. The van der Waals surface area contributed by atoms with Crippen molar-refractivity contribution < 1.29 is 81.0 Å². The maximum Gasteiger partial charge on any atom is 0.308 e. The number of esters is 3. The third-order valence-corrected chi connectivity index (χ3v) is 21.6. The Bertz CT molecular complexity index is 6640. The van der Waals surface area contributed by atoms with Crippen LogP contribution in [0.15, 0.2) is 261 Å². The van der Waals surface area contributed by atoms with Gasteiger partial charge in [0.25, 0.3) is 24.2 Å². The van der Waals surface area contributed by atoms with Crippen LogP contribution in [0.25, 0.3) is 66.2 Å². The number of ketones is 1. The molecule has 2 aromatic heterocycles. The SMILES string of the molecule is C.COC(=O)CCNC(=O)c1ccc(Oc2cnn(-c3ccc(Cl)c(Cl)c3)c2-c2ccc3cc(OC)ccc3c2)cc1.COC=O.COc1ccc2cc(-c3c(Oc4ccc(C(=O)NCCC(=O)OC(C)(C)C)cc4)cnn3-c3ccc(Cl)c(Cl)c3)ccc2c1.Cc1ccc2cc(C(=O)/C(=C/N(C)C)Oc3ccc(C(=O)NCCC(=O)OC(C)(C)C)cc3)ccc2c1.Cl.NNc1ccc(Cl)c(Cl)c1. The van der Waals surface area contributed by atoms with Crippen LogP contribution in [-0.2, 0) is 38.1 Å². The summed E-state index contributed by atoms with van der Waals surface area (Å²) in [5.41, 5.74) is 9.54. The van der Waals surface area contributed by atoms with Crippen molar-refractivity contribution in [1.82, 2.24) is 40.4 Å². The van der Waals surface area contributed by atoms with Gasteiger partial charge in [0.2, 0.25) is 5.78 Å². The van der Waals surface area contributed by atoms with E-state index in [0.29, 0.717) is 110 Å². The molecule has 0 aliphatic rings. The number of Topliss-reactive ketones (excluding diaryl/α,β-unsaturated/α-hetero) is 1. The van der Waals surface area contributed by atoms with Crippen molar-refractivity contribution in [3.63, 3.8) is 0 Å². The van der Waals surface area contributed by atoms with Gasteiger partial charge in [0.05, 0.1) is 107 Å².